The molecule has 1 fully saturated rings. The molecule has 0 bridgehead atoms. The standard InChI is InChI=1S/C8H13BrO2/c9-8(6-10)5-7-1-3-11-4-2-7/h6-8H,1-5H2. The van der Waals surface area contributed by atoms with E-state index in [2.05, 4.69) is 15.9 Å². The van der Waals surface area contributed by atoms with E-state index in [1.807, 2.05) is 0 Å². The summed E-state index contributed by atoms with van der Waals surface area (Å²) in [7, 11) is 0. The number of carbonyl (C=O) groups is 1. The third-order valence-electron chi connectivity index (χ3n) is 2.05. The Morgan fingerprint density at radius 2 is 2.18 bits per heavy atom. The first-order valence-corrected chi connectivity index (χ1v) is 4.91. The van der Waals surface area contributed by atoms with Crippen molar-refractivity contribution >= 4 is 22.2 Å². The molecule has 1 rings (SSSR count). The second-order valence-corrected chi connectivity index (χ2v) is 4.12. The van der Waals surface area contributed by atoms with Gasteiger partial charge in [0.25, 0.3) is 0 Å². The van der Waals surface area contributed by atoms with Gasteiger partial charge in [0.2, 0.25) is 0 Å². The van der Waals surface area contributed by atoms with E-state index in [-0.39, 0.29) is 4.83 Å². The number of halogens is 1. The lowest BCUT2D eigenvalue weighted by Gasteiger charge is -2.22. The molecule has 0 amide bonds. The van der Waals surface area contributed by atoms with Gasteiger partial charge in [0.15, 0.2) is 0 Å². The summed E-state index contributed by atoms with van der Waals surface area (Å²) in [5, 5.41) is 0. The highest BCUT2D eigenvalue weighted by Crippen LogP contribution is 2.22. The van der Waals surface area contributed by atoms with E-state index < -0.39 is 0 Å². The van der Waals surface area contributed by atoms with Crippen molar-refractivity contribution in [1.29, 1.82) is 0 Å². The van der Waals surface area contributed by atoms with Crippen LogP contribution in [0, 0.1) is 5.92 Å². The molecule has 0 radical (unpaired) electrons. The maximum Gasteiger partial charge on any atom is 0.133 e. The number of hydrogen-bond donors (Lipinski definition) is 0. The summed E-state index contributed by atoms with van der Waals surface area (Å²) in [5.74, 6) is 0.679. The van der Waals surface area contributed by atoms with Crippen LogP contribution in [-0.2, 0) is 9.53 Å². The normalized spacial score (nSPS) is 23.0. The molecule has 0 aromatic rings. The van der Waals surface area contributed by atoms with Crippen molar-refractivity contribution in [2.45, 2.75) is 24.1 Å². The Labute approximate surface area is 75.4 Å². The average molecular weight is 221 g/mol. The van der Waals surface area contributed by atoms with Gasteiger partial charge in [-0.2, -0.15) is 0 Å². The Morgan fingerprint density at radius 3 is 2.73 bits per heavy atom. The summed E-state index contributed by atoms with van der Waals surface area (Å²) in [5.41, 5.74) is 0. The summed E-state index contributed by atoms with van der Waals surface area (Å²) in [6.45, 7) is 1.73. The van der Waals surface area contributed by atoms with Crippen molar-refractivity contribution in [2.75, 3.05) is 13.2 Å². The van der Waals surface area contributed by atoms with Crippen molar-refractivity contribution in [3.05, 3.63) is 0 Å². The molecular formula is C8H13BrO2. The van der Waals surface area contributed by atoms with Gasteiger partial charge in [0, 0.05) is 13.2 Å². The predicted octanol–water partition coefficient (Wildman–Crippen LogP) is 1.77. The van der Waals surface area contributed by atoms with Gasteiger partial charge in [-0.3, -0.25) is 0 Å². The molecule has 1 heterocycles. The van der Waals surface area contributed by atoms with Crippen LogP contribution in [-0.4, -0.2) is 24.3 Å². The van der Waals surface area contributed by atoms with Crippen molar-refractivity contribution in [3.8, 4) is 0 Å². The summed E-state index contributed by atoms with van der Waals surface area (Å²) in [6.07, 6.45) is 4.15. The molecule has 0 saturated carbocycles. The highest BCUT2D eigenvalue weighted by atomic mass is 79.9. The molecule has 1 aliphatic heterocycles. The third-order valence-corrected chi connectivity index (χ3v) is 2.64. The highest BCUT2D eigenvalue weighted by molar-refractivity contribution is 9.09. The van der Waals surface area contributed by atoms with Crippen LogP contribution in [0.1, 0.15) is 19.3 Å². The summed E-state index contributed by atoms with van der Waals surface area (Å²) < 4.78 is 5.21. The van der Waals surface area contributed by atoms with Crippen LogP contribution in [0.4, 0.5) is 0 Å². The van der Waals surface area contributed by atoms with E-state index in [1.54, 1.807) is 0 Å². The number of aldehydes is 1. The largest absolute Gasteiger partial charge is 0.381 e. The van der Waals surface area contributed by atoms with Crippen molar-refractivity contribution in [1.82, 2.24) is 0 Å². The van der Waals surface area contributed by atoms with E-state index in [4.69, 9.17) is 4.74 Å². The number of rotatable bonds is 3. The molecule has 0 aliphatic carbocycles. The molecule has 0 aromatic heterocycles. The van der Waals surface area contributed by atoms with Crippen molar-refractivity contribution in [3.63, 3.8) is 0 Å². The van der Waals surface area contributed by atoms with Crippen molar-refractivity contribution in [2.24, 2.45) is 5.92 Å². The lowest BCUT2D eigenvalue weighted by atomic mass is 9.95. The van der Waals surface area contributed by atoms with Crippen LogP contribution in [0.5, 0.6) is 0 Å². The average Bonchev–Trinajstić information content (AvgIpc) is 2.06. The molecular weight excluding hydrogens is 208 g/mol. The van der Waals surface area contributed by atoms with Crippen LogP contribution in [0.15, 0.2) is 0 Å². The molecule has 1 unspecified atom stereocenters. The van der Waals surface area contributed by atoms with Gasteiger partial charge in [0.05, 0.1) is 4.83 Å². The first kappa shape index (κ1) is 9.20. The number of alkyl halides is 1. The zero-order valence-electron chi connectivity index (χ0n) is 6.46. The quantitative estimate of drug-likeness (QED) is 0.536. The zero-order valence-corrected chi connectivity index (χ0v) is 8.05. The molecule has 64 valence electrons. The minimum Gasteiger partial charge on any atom is -0.381 e. The van der Waals surface area contributed by atoms with Gasteiger partial charge in [-0.15, -0.1) is 0 Å². The van der Waals surface area contributed by atoms with Gasteiger partial charge in [-0.05, 0) is 25.2 Å². The monoisotopic (exact) mass is 220 g/mol. The Bertz CT molecular complexity index is 121. The number of carbonyl (C=O) groups excluding carboxylic acids is 1. The van der Waals surface area contributed by atoms with E-state index >= 15 is 0 Å². The second kappa shape index (κ2) is 4.88. The zero-order chi connectivity index (χ0) is 8.10. The molecule has 2 nitrogen and oxygen atoms in total. The van der Waals surface area contributed by atoms with Crippen LogP contribution in [0.2, 0.25) is 0 Å². The fourth-order valence-corrected chi connectivity index (χ4v) is 1.88. The molecule has 0 spiro atoms. The van der Waals surface area contributed by atoms with Crippen LogP contribution < -0.4 is 0 Å². The van der Waals surface area contributed by atoms with Gasteiger partial charge < -0.3 is 9.53 Å². The molecule has 3 heteroatoms. The van der Waals surface area contributed by atoms with Crippen LogP contribution in [0.25, 0.3) is 0 Å². The van der Waals surface area contributed by atoms with E-state index in [0.29, 0.717) is 5.92 Å². The van der Waals surface area contributed by atoms with Crippen LogP contribution in [0.3, 0.4) is 0 Å². The second-order valence-electron chi connectivity index (χ2n) is 2.94. The van der Waals surface area contributed by atoms with E-state index in [9.17, 15) is 4.79 Å². The lowest BCUT2D eigenvalue weighted by molar-refractivity contribution is -0.107. The third kappa shape index (κ3) is 3.34. The number of hydrogen-bond acceptors (Lipinski definition) is 2. The van der Waals surface area contributed by atoms with Crippen LogP contribution >= 0.6 is 15.9 Å². The van der Waals surface area contributed by atoms with Gasteiger partial charge in [-0.1, -0.05) is 15.9 Å². The Morgan fingerprint density at radius 1 is 1.55 bits per heavy atom. The Kier molecular flexibility index (Phi) is 4.08. The maximum absolute atomic E-state index is 10.3. The van der Waals surface area contributed by atoms with Gasteiger partial charge >= 0.3 is 0 Å². The molecule has 1 aliphatic rings. The van der Waals surface area contributed by atoms with E-state index in [0.717, 1.165) is 38.8 Å². The first-order chi connectivity index (χ1) is 5.33. The van der Waals surface area contributed by atoms with E-state index in [1.165, 1.54) is 0 Å². The minimum absolute atomic E-state index is 0.0469. The fraction of sp³-hybridized carbons (Fsp3) is 0.875. The topological polar surface area (TPSA) is 26.3 Å². The fourth-order valence-electron chi connectivity index (χ4n) is 1.36. The maximum atomic E-state index is 10.3. The molecule has 1 saturated heterocycles. The Balaban J connectivity index is 2.18. The SMILES string of the molecule is O=CC(Br)CC1CCOCC1. The number of ether oxygens (including phenoxy) is 1. The molecule has 1 atom stereocenters. The highest BCUT2D eigenvalue weighted by Gasteiger charge is 2.16. The van der Waals surface area contributed by atoms with Gasteiger partial charge in [-0.25, -0.2) is 0 Å². The molecule has 11 heavy (non-hydrogen) atoms. The predicted molar refractivity (Wildman–Crippen MR) is 46.9 cm³/mol. The summed E-state index contributed by atoms with van der Waals surface area (Å²) in [4.78, 5) is 10.3. The summed E-state index contributed by atoms with van der Waals surface area (Å²) >= 11 is 3.30. The smallest absolute Gasteiger partial charge is 0.133 e. The lowest BCUT2D eigenvalue weighted by Crippen LogP contribution is -2.19. The Hall–Kier alpha value is 0.110. The summed E-state index contributed by atoms with van der Waals surface area (Å²) in [6, 6.07) is 0. The van der Waals surface area contributed by atoms with Crippen molar-refractivity contribution < 1.29 is 9.53 Å². The van der Waals surface area contributed by atoms with Gasteiger partial charge in [0.1, 0.15) is 6.29 Å². The molecule has 0 N–H and O–H groups in total. The first-order valence-electron chi connectivity index (χ1n) is 4.00. The molecule has 0 aromatic carbocycles. The minimum atomic E-state index is 0.0469.